The van der Waals surface area contributed by atoms with Gasteiger partial charge in [-0.15, -0.1) is 0 Å². The number of aromatic nitrogens is 4. The normalized spacial score (nSPS) is 17.6. The first kappa shape index (κ1) is 21.3. The van der Waals surface area contributed by atoms with Crippen LogP contribution in [0.2, 0.25) is 0 Å². The van der Waals surface area contributed by atoms with Crippen LogP contribution in [-0.2, 0) is 17.5 Å². The topological polar surface area (TPSA) is 77.0 Å². The number of halogens is 3. The zero-order valence-electron chi connectivity index (χ0n) is 17.6. The van der Waals surface area contributed by atoms with E-state index in [1.807, 2.05) is 6.92 Å². The first-order valence-electron chi connectivity index (χ1n) is 10.3. The van der Waals surface area contributed by atoms with Crippen LogP contribution in [0.5, 0.6) is 0 Å². The summed E-state index contributed by atoms with van der Waals surface area (Å²) >= 11 is 0. The number of fused-ring (bicyclic) bond motifs is 1. The molecule has 31 heavy (non-hydrogen) atoms. The van der Waals surface area contributed by atoms with Gasteiger partial charge in [-0.3, -0.25) is 9.48 Å². The number of piperidine rings is 1. The lowest BCUT2D eigenvalue weighted by Crippen LogP contribution is -2.41. The monoisotopic (exact) mass is 435 g/mol. The molecule has 0 aliphatic carbocycles. The zero-order valence-corrected chi connectivity index (χ0v) is 17.6. The van der Waals surface area contributed by atoms with E-state index in [0.29, 0.717) is 25.1 Å². The van der Waals surface area contributed by atoms with Crippen LogP contribution >= 0.6 is 0 Å². The summed E-state index contributed by atoms with van der Waals surface area (Å²) in [4.78, 5) is 18.6. The van der Waals surface area contributed by atoms with Crippen molar-refractivity contribution in [3.05, 3.63) is 41.0 Å². The molecular weight excluding hydrogens is 411 g/mol. The van der Waals surface area contributed by atoms with Gasteiger partial charge in [-0.05, 0) is 37.3 Å². The van der Waals surface area contributed by atoms with E-state index < -0.39 is 11.7 Å². The molecule has 0 spiro atoms. The van der Waals surface area contributed by atoms with Gasteiger partial charge in [0.1, 0.15) is 6.54 Å². The van der Waals surface area contributed by atoms with E-state index in [1.165, 1.54) is 0 Å². The molecule has 1 aliphatic heterocycles. The van der Waals surface area contributed by atoms with Crippen LogP contribution in [0.1, 0.15) is 61.0 Å². The number of carbonyl (C=O) groups is 1. The average Bonchev–Trinajstić information content (AvgIpc) is 3.32. The quantitative estimate of drug-likeness (QED) is 0.612. The molecule has 1 fully saturated rings. The van der Waals surface area contributed by atoms with E-state index in [-0.39, 0.29) is 47.6 Å². The van der Waals surface area contributed by atoms with Crippen LogP contribution in [0.25, 0.3) is 11.1 Å². The van der Waals surface area contributed by atoms with Crippen LogP contribution in [0, 0.1) is 6.92 Å². The number of hydrogen-bond acceptors (Lipinski definition) is 5. The summed E-state index contributed by atoms with van der Waals surface area (Å²) in [6, 6.07) is 1.08. The SMILES string of the molecule is Cc1cnn(CC(=O)N2CCCC(c3noc4nc(C(C)C)cc(C(F)(F)F)c34)C2)c1. The molecule has 0 bridgehead atoms. The molecule has 4 rings (SSSR count). The van der Waals surface area contributed by atoms with Crippen LogP contribution < -0.4 is 0 Å². The van der Waals surface area contributed by atoms with Gasteiger partial charge in [0, 0.05) is 30.9 Å². The molecular formula is C21H24F3N5O2. The van der Waals surface area contributed by atoms with Crippen molar-refractivity contribution >= 4 is 17.0 Å². The Morgan fingerprint density at radius 3 is 2.77 bits per heavy atom. The Kier molecular flexibility index (Phi) is 5.49. The van der Waals surface area contributed by atoms with Crippen molar-refractivity contribution in [3.63, 3.8) is 0 Å². The first-order chi connectivity index (χ1) is 14.6. The molecule has 1 atom stereocenters. The molecule has 1 aliphatic rings. The minimum atomic E-state index is -4.56. The number of hydrogen-bond donors (Lipinski definition) is 0. The third-order valence-electron chi connectivity index (χ3n) is 5.61. The first-order valence-corrected chi connectivity index (χ1v) is 10.3. The Morgan fingerprint density at radius 1 is 1.35 bits per heavy atom. The fourth-order valence-corrected chi connectivity index (χ4v) is 4.01. The highest BCUT2D eigenvalue weighted by Gasteiger charge is 2.38. The minimum absolute atomic E-state index is 0.0905. The largest absolute Gasteiger partial charge is 0.417 e. The highest BCUT2D eigenvalue weighted by molar-refractivity contribution is 5.82. The van der Waals surface area contributed by atoms with E-state index in [1.54, 1.807) is 35.8 Å². The maximum atomic E-state index is 13.9. The number of nitrogens with zero attached hydrogens (tertiary/aromatic N) is 5. The van der Waals surface area contributed by atoms with Crippen molar-refractivity contribution in [1.29, 1.82) is 0 Å². The maximum Gasteiger partial charge on any atom is 0.417 e. The fraction of sp³-hybridized carbons (Fsp3) is 0.524. The van der Waals surface area contributed by atoms with Crippen molar-refractivity contribution in [2.45, 2.75) is 58.2 Å². The number of amides is 1. The van der Waals surface area contributed by atoms with Crippen molar-refractivity contribution in [2.75, 3.05) is 13.1 Å². The smallest absolute Gasteiger partial charge is 0.340 e. The second kappa shape index (κ2) is 7.97. The predicted molar refractivity (Wildman–Crippen MR) is 106 cm³/mol. The molecule has 1 saturated heterocycles. The Morgan fingerprint density at radius 2 is 2.13 bits per heavy atom. The number of alkyl halides is 3. The van der Waals surface area contributed by atoms with Crippen LogP contribution in [0.4, 0.5) is 13.2 Å². The lowest BCUT2D eigenvalue weighted by Gasteiger charge is -2.32. The highest BCUT2D eigenvalue weighted by atomic mass is 19.4. The highest BCUT2D eigenvalue weighted by Crippen LogP contribution is 2.40. The molecule has 0 N–H and O–H groups in total. The lowest BCUT2D eigenvalue weighted by molar-refractivity contribution is -0.136. The molecule has 3 aromatic rings. The molecule has 1 amide bonds. The minimum Gasteiger partial charge on any atom is -0.340 e. The summed E-state index contributed by atoms with van der Waals surface area (Å²) in [6.45, 7) is 6.36. The summed E-state index contributed by atoms with van der Waals surface area (Å²) in [5.41, 5.74) is 0.582. The standard InChI is InChI=1S/C21H24F3N5O2/c1-12(2)16-7-15(21(22,23)24)18-19(27-31-20(18)26-16)14-5-4-6-28(10-14)17(30)11-29-9-13(3)8-25-29/h7-9,12,14H,4-6,10-11H2,1-3H3. The van der Waals surface area contributed by atoms with E-state index in [9.17, 15) is 18.0 Å². The summed E-state index contributed by atoms with van der Waals surface area (Å²) in [5, 5.41) is 8.01. The summed E-state index contributed by atoms with van der Waals surface area (Å²) < 4.78 is 48.4. The Hall–Kier alpha value is -2.91. The van der Waals surface area contributed by atoms with Gasteiger partial charge in [0.15, 0.2) is 0 Å². The zero-order chi connectivity index (χ0) is 22.3. The van der Waals surface area contributed by atoms with E-state index >= 15 is 0 Å². The molecule has 4 heterocycles. The van der Waals surface area contributed by atoms with Crippen molar-refractivity contribution in [2.24, 2.45) is 0 Å². The number of aryl methyl sites for hydroxylation is 1. The molecule has 3 aromatic heterocycles. The number of rotatable bonds is 4. The molecule has 166 valence electrons. The second-order valence-corrected chi connectivity index (χ2v) is 8.39. The summed E-state index contributed by atoms with van der Waals surface area (Å²) in [5.74, 6) is -0.671. The predicted octanol–water partition coefficient (Wildman–Crippen LogP) is 4.28. The maximum absolute atomic E-state index is 13.9. The molecule has 0 radical (unpaired) electrons. The number of likely N-dealkylation sites (tertiary alicyclic amines) is 1. The van der Waals surface area contributed by atoms with Crippen LogP contribution in [0.15, 0.2) is 23.0 Å². The van der Waals surface area contributed by atoms with Gasteiger partial charge in [0.05, 0.1) is 22.8 Å². The van der Waals surface area contributed by atoms with Gasteiger partial charge < -0.3 is 9.42 Å². The molecule has 10 heteroatoms. The molecule has 7 nitrogen and oxygen atoms in total. The molecule has 0 saturated carbocycles. The summed E-state index contributed by atoms with van der Waals surface area (Å²) in [6.07, 6.45) is 0.174. The van der Waals surface area contributed by atoms with E-state index in [2.05, 4.69) is 15.2 Å². The van der Waals surface area contributed by atoms with Gasteiger partial charge >= 0.3 is 6.18 Å². The van der Waals surface area contributed by atoms with Crippen LogP contribution in [0.3, 0.4) is 0 Å². The van der Waals surface area contributed by atoms with Crippen molar-refractivity contribution < 1.29 is 22.5 Å². The Bertz CT molecular complexity index is 1100. The molecule has 1 unspecified atom stereocenters. The fourth-order valence-electron chi connectivity index (χ4n) is 4.01. The van der Waals surface area contributed by atoms with Gasteiger partial charge in [-0.2, -0.15) is 18.3 Å². The number of carbonyl (C=O) groups excluding carboxylic acids is 1. The third kappa shape index (κ3) is 4.28. The van der Waals surface area contributed by atoms with Gasteiger partial charge in [-0.1, -0.05) is 19.0 Å². The van der Waals surface area contributed by atoms with Gasteiger partial charge in [0.2, 0.25) is 5.91 Å². The second-order valence-electron chi connectivity index (χ2n) is 8.39. The Balaban J connectivity index is 1.64. The van der Waals surface area contributed by atoms with Gasteiger partial charge in [-0.25, -0.2) is 4.98 Å². The van der Waals surface area contributed by atoms with Crippen molar-refractivity contribution in [1.82, 2.24) is 24.8 Å². The lowest BCUT2D eigenvalue weighted by atomic mass is 9.91. The van der Waals surface area contributed by atoms with E-state index in [4.69, 9.17) is 4.52 Å². The van der Waals surface area contributed by atoms with Crippen LogP contribution in [-0.4, -0.2) is 43.8 Å². The Labute approximate surface area is 177 Å². The summed E-state index contributed by atoms with van der Waals surface area (Å²) in [7, 11) is 0. The average molecular weight is 435 g/mol. The molecule has 0 aromatic carbocycles. The third-order valence-corrected chi connectivity index (χ3v) is 5.61. The van der Waals surface area contributed by atoms with E-state index in [0.717, 1.165) is 11.6 Å². The van der Waals surface area contributed by atoms with Crippen molar-refractivity contribution in [3.8, 4) is 0 Å². The number of pyridine rings is 1. The van der Waals surface area contributed by atoms with Gasteiger partial charge in [0.25, 0.3) is 5.71 Å².